The Kier molecular flexibility index (Phi) is 7.64. The quantitative estimate of drug-likeness (QED) is 0.161. The van der Waals surface area contributed by atoms with Crippen molar-refractivity contribution in [3.8, 4) is 44.8 Å². The monoisotopic (exact) mass is 922 g/mol. The van der Waals surface area contributed by atoms with E-state index in [4.69, 9.17) is 20.9 Å². The number of pyridine rings is 2. The molecule has 0 bridgehead atoms. The second-order valence-corrected chi connectivity index (χ2v) is 14.8. The van der Waals surface area contributed by atoms with E-state index < -0.39 is 33.3 Å². The molecule has 1 saturated carbocycles. The summed E-state index contributed by atoms with van der Waals surface area (Å²) >= 11 is 0. The Hall–Kier alpha value is -5.15. The minimum Gasteiger partial charge on any atom is -0.501 e. The Bertz CT molecular complexity index is 3030. The number of aryl methyl sites for hydroxylation is 4. The first-order valence-electron chi connectivity index (χ1n) is 24.9. The predicted molar refractivity (Wildman–Crippen MR) is 229 cm³/mol. The molecule has 0 aliphatic heterocycles. The summed E-state index contributed by atoms with van der Waals surface area (Å²) in [4.78, 5) is 8.65. The smallest absolute Gasteiger partial charge is 0.121 e. The van der Waals surface area contributed by atoms with Crippen LogP contribution in [-0.4, -0.2) is 9.97 Å². The molecule has 4 heteroatoms. The molecule has 1 aliphatic carbocycles. The molecular formula is C52H48IrN2O-2. The molecule has 0 unspecified atom stereocenters. The number of nitrogens with zero attached hydrogens (tertiary/aromatic N) is 2. The Balaban J connectivity index is 0.000000281. The molecule has 1 fully saturated rings. The van der Waals surface area contributed by atoms with E-state index in [1.807, 2.05) is 48.5 Å². The normalized spacial score (nSPS) is 18.8. The standard InChI is InChI=1S/C39H36NO.C13H12N.Ir/c1-25-21-29(28-17-19-39(3,4)20-18-28)13-15-31(25)35-23-36(40-24-26(35)2)34-12-8-11-33-32-16-14-30(22-37(32)41-38(33)34)27-9-6-5-7-10-27;1-10-3-6-12(7-4-10)13-8-5-11(2)9-14-13;/h5-11,13-16,21-24,28H,17-20H2,1-4H3;3-6,8-9H,1-2H3;/q2*-1;/i1D3,2D3,28D;1D3,2D3;. The molecular weight excluding hydrogens is 861 g/mol. The van der Waals surface area contributed by atoms with Gasteiger partial charge in [0.2, 0.25) is 0 Å². The van der Waals surface area contributed by atoms with Gasteiger partial charge < -0.3 is 14.4 Å². The van der Waals surface area contributed by atoms with E-state index in [2.05, 4.69) is 42.0 Å². The SMILES string of the molecule is [2H]C([2H])([2H])c1c[c-]c(-c2ccc(C([2H])([2H])[2H])cn2)cc1.[2H]C([2H])([2H])c1cnc(-c2[c-]ccc3c2oc2cc(-c4ccccc4)ccc23)cc1-c1ccc(C2([2H])CCC(C)(C)CC2)cc1C([2H])([2H])[2H].[Ir]. The summed E-state index contributed by atoms with van der Waals surface area (Å²) in [5, 5.41) is 1.79. The van der Waals surface area contributed by atoms with Gasteiger partial charge in [0, 0.05) is 55.7 Å². The Morgan fingerprint density at radius 3 is 2.23 bits per heavy atom. The summed E-state index contributed by atoms with van der Waals surface area (Å²) in [6, 6.07) is 40.3. The van der Waals surface area contributed by atoms with E-state index >= 15 is 0 Å². The minimum atomic E-state index is -2.56. The van der Waals surface area contributed by atoms with Crippen molar-refractivity contribution in [1.29, 1.82) is 0 Å². The van der Waals surface area contributed by atoms with Crippen LogP contribution < -0.4 is 0 Å². The average molecular weight is 922 g/mol. The second-order valence-electron chi connectivity index (χ2n) is 14.8. The average Bonchev–Trinajstić information content (AvgIpc) is 3.67. The molecule has 0 saturated heterocycles. The van der Waals surface area contributed by atoms with Crippen LogP contribution in [0.4, 0.5) is 0 Å². The van der Waals surface area contributed by atoms with E-state index in [0.29, 0.717) is 52.1 Å². The topological polar surface area (TPSA) is 38.9 Å². The van der Waals surface area contributed by atoms with Crippen molar-refractivity contribution in [3.63, 3.8) is 0 Å². The Morgan fingerprint density at radius 1 is 0.696 bits per heavy atom. The largest absolute Gasteiger partial charge is 0.501 e. The van der Waals surface area contributed by atoms with Crippen LogP contribution in [0, 0.1) is 45.0 Å². The molecule has 0 N–H and O–H groups in total. The van der Waals surface area contributed by atoms with Gasteiger partial charge in [0.15, 0.2) is 0 Å². The van der Waals surface area contributed by atoms with Gasteiger partial charge in [-0.15, -0.1) is 53.6 Å². The van der Waals surface area contributed by atoms with Crippen molar-refractivity contribution in [3.05, 3.63) is 168 Å². The third kappa shape index (κ3) is 8.33. The van der Waals surface area contributed by atoms with E-state index in [9.17, 15) is 1.37 Å². The van der Waals surface area contributed by atoms with Gasteiger partial charge in [-0.05, 0) is 120 Å². The van der Waals surface area contributed by atoms with E-state index in [1.165, 1.54) is 30.6 Å². The van der Waals surface area contributed by atoms with Gasteiger partial charge in [-0.3, -0.25) is 0 Å². The summed E-state index contributed by atoms with van der Waals surface area (Å²) in [6.07, 6.45) is 5.61. The molecule has 8 aromatic rings. The Labute approximate surface area is 363 Å². The molecule has 3 heterocycles. The van der Waals surface area contributed by atoms with Crippen LogP contribution in [-0.2, 0) is 20.1 Å². The first-order chi connectivity index (χ1) is 31.8. The molecule has 0 spiro atoms. The first kappa shape index (κ1) is 25.9. The predicted octanol–water partition coefficient (Wildman–Crippen LogP) is 14.2. The van der Waals surface area contributed by atoms with E-state index in [1.54, 1.807) is 42.5 Å². The zero-order valence-corrected chi connectivity index (χ0v) is 33.5. The molecule has 3 nitrogen and oxygen atoms in total. The number of benzene rings is 5. The zero-order chi connectivity index (χ0) is 49.0. The fraction of sp³-hybridized carbons (Fsp3) is 0.231. The van der Waals surface area contributed by atoms with E-state index in [0.717, 1.165) is 34.7 Å². The molecule has 1 radical (unpaired) electrons. The maximum absolute atomic E-state index is 9.29. The molecule has 1 aliphatic rings. The van der Waals surface area contributed by atoms with Crippen LogP contribution in [0.25, 0.3) is 66.7 Å². The van der Waals surface area contributed by atoms with Gasteiger partial charge in [0.25, 0.3) is 0 Å². The molecule has 56 heavy (non-hydrogen) atoms. The van der Waals surface area contributed by atoms with Gasteiger partial charge in [0.05, 0.1) is 5.58 Å². The van der Waals surface area contributed by atoms with Crippen molar-refractivity contribution in [2.45, 2.75) is 72.8 Å². The molecule has 9 rings (SSSR count). The summed E-state index contributed by atoms with van der Waals surface area (Å²) in [5.74, 6) is -0.906. The summed E-state index contributed by atoms with van der Waals surface area (Å²) in [5.41, 5.74) is 7.16. The van der Waals surface area contributed by atoms with Crippen LogP contribution in [0.2, 0.25) is 0 Å². The fourth-order valence-corrected chi connectivity index (χ4v) is 7.21. The summed E-state index contributed by atoms with van der Waals surface area (Å²) < 4.78 is 110. The van der Waals surface area contributed by atoms with Crippen LogP contribution >= 0.6 is 0 Å². The molecule has 0 atom stereocenters. The summed E-state index contributed by atoms with van der Waals surface area (Å²) in [7, 11) is 0. The third-order valence-electron chi connectivity index (χ3n) is 10.5. The van der Waals surface area contributed by atoms with Crippen LogP contribution in [0.15, 0.2) is 132 Å². The summed E-state index contributed by atoms with van der Waals surface area (Å²) in [6.45, 7) is -5.04. The van der Waals surface area contributed by atoms with Crippen LogP contribution in [0.3, 0.4) is 0 Å². The van der Waals surface area contributed by atoms with Gasteiger partial charge in [-0.1, -0.05) is 111 Å². The van der Waals surface area contributed by atoms with Crippen molar-refractivity contribution < 1.29 is 42.3 Å². The van der Waals surface area contributed by atoms with Crippen molar-refractivity contribution in [1.82, 2.24) is 9.97 Å². The number of hydrogen-bond donors (Lipinski definition) is 0. The molecule has 0 amide bonds. The van der Waals surface area contributed by atoms with Crippen molar-refractivity contribution in [2.75, 3.05) is 0 Å². The molecule has 5 aromatic carbocycles. The molecule has 3 aromatic heterocycles. The van der Waals surface area contributed by atoms with Crippen molar-refractivity contribution >= 4 is 21.9 Å². The van der Waals surface area contributed by atoms with Crippen LogP contribution in [0.1, 0.15) is 91.1 Å². The third-order valence-corrected chi connectivity index (χ3v) is 10.5. The van der Waals surface area contributed by atoms with Gasteiger partial charge in [0.1, 0.15) is 5.58 Å². The number of rotatable bonds is 5. The number of hydrogen-bond acceptors (Lipinski definition) is 3. The first-order valence-corrected chi connectivity index (χ1v) is 18.4. The number of furan rings is 1. The molecule has 283 valence electrons. The second kappa shape index (κ2) is 16.5. The van der Waals surface area contributed by atoms with E-state index in [-0.39, 0.29) is 58.9 Å². The minimum absolute atomic E-state index is 0. The number of fused-ring (bicyclic) bond motifs is 3. The van der Waals surface area contributed by atoms with Gasteiger partial charge >= 0.3 is 0 Å². The van der Waals surface area contributed by atoms with Gasteiger partial charge in [-0.2, -0.15) is 0 Å². The van der Waals surface area contributed by atoms with Crippen LogP contribution in [0.5, 0.6) is 0 Å². The Morgan fingerprint density at radius 2 is 1.50 bits per heavy atom. The zero-order valence-electron chi connectivity index (χ0n) is 44.1. The number of aromatic nitrogens is 2. The maximum atomic E-state index is 9.29. The van der Waals surface area contributed by atoms with Gasteiger partial charge in [-0.25, -0.2) is 0 Å². The fourth-order valence-electron chi connectivity index (χ4n) is 7.21. The van der Waals surface area contributed by atoms with Crippen molar-refractivity contribution in [2.24, 2.45) is 5.41 Å². The maximum Gasteiger partial charge on any atom is 0.121 e.